The predicted octanol–water partition coefficient (Wildman–Crippen LogP) is 2.52. The number of hydrogen-bond acceptors (Lipinski definition) is 8. The van der Waals surface area contributed by atoms with Crippen molar-refractivity contribution in [3.63, 3.8) is 0 Å². The molecule has 1 aromatic heterocycles. The molecule has 4 N–H and O–H groups in total. The summed E-state index contributed by atoms with van der Waals surface area (Å²) in [5, 5.41) is 6.59. The fourth-order valence-electron chi connectivity index (χ4n) is 4.45. The fourth-order valence-corrected chi connectivity index (χ4v) is 5.17. The quantitative estimate of drug-likeness (QED) is 0.272. The van der Waals surface area contributed by atoms with Gasteiger partial charge in [-0.05, 0) is 58.7 Å². The Hall–Kier alpha value is -3.72. The lowest BCUT2D eigenvalue weighted by molar-refractivity contribution is 0.0947. The van der Waals surface area contributed by atoms with Gasteiger partial charge >= 0.3 is 0 Å². The molecule has 0 atom stereocenters. The van der Waals surface area contributed by atoms with E-state index in [1.54, 1.807) is 0 Å². The highest BCUT2D eigenvalue weighted by molar-refractivity contribution is 7.86. The van der Waals surface area contributed by atoms with Crippen LogP contribution in [0.15, 0.2) is 47.5 Å². The van der Waals surface area contributed by atoms with Crippen LogP contribution in [0.1, 0.15) is 47.3 Å². The molecule has 0 bridgehead atoms. The summed E-state index contributed by atoms with van der Waals surface area (Å²) in [5.41, 5.74) is 3.45. The van der Waals surface area contributed by atoms with E-state index in [2.05, 4.69) is 34.5 Å². The van der Waals surface area contributed by atoms with Crippen LogP contribution < -0.4 is 10.6 Å². The normalized spacial score (nSPS) is 14.5. The third kappa shape index (κ3) is 6.53. The van der Waals surface area contributed by atoms with Crippen molar-refractivity contribution in [1.82, 2.24) is 15.6 Å². The topological polar surface area (TPSA) is 192 Å². The lowest BCUT2D eigenvalue weighted by Gasteiger charge is -2.22. The summed E-state index contributed by atoms with van der Waals surface area (Å²) in [4.78, 5) is 34.3. The molecule has 0 aliphatic carbocycles. The molecule has 0 fully saturated rings. The first kappa shape index (κ1) is 29.3. The molecule has 1 aliphatic heterocycles. The monoisotopic (exact) mass is 588 g/mol. The van der Waals surface area contributed by atoms with Crippen LogP contribution in [0.2, 0.25) is 0 Å². The molecule has 0 saturated carbocycles. The minimum Gasteiger partial charge on any atom is -0.350 e. The molecule has 0 spiro atoms. The molecule has 12 nitrogen and oxygen atoms in total. The lowest BCUT2D eigenvalue weighted by Crippen LogP contribution is -2.32. The van der Waals surface area contributed by atoms with Crippen molar-refractivity contribution >= 4 is 54.2 Å². The van der Waals surface area contributed by atoms with E-state index in [0.717, 1.165) is 27.7 Å². The second-order valence-corrected chi connectivity index (χ2v) is 13.1. The SMILES string of the molecule is CC1=Nc2ccc3cc(-c4cc(C(=O)NCCS(=O)(=O)O)nc(C(=O)NCCS(=O)(=O)O)c4)ccc3c2C1(C)C. The van der Waals surface area contributed by atoms with Crippen LogP contribution in [-0.4, -0.2) is 73.0 Å². The Morgan fingerprint density at radius 1 is 0.825 bits per heavy atom. The van der Waals surface area contributed by atoms with Gasteiger partial charge in [0.2, 0.25) is 0 Å². The highest BCUT2D eigenvalue weighted by Gasteiger charge is 2.33. The zero-order valence-corrected chi connectivity index (χ0v) is 23.6. The number of aliphatic imine (C=N–C) groups is 1. The Labute approximate surface area is 231 Å². The number of rotatable bonds is 9. The number of benzene rings is 2. The molecule has 212 valence electrons. The van der Waals surface area contributed by atoms with E-state index in [4.69, 9.17) is 9.11 Å². The van der Waals surface area contributed by atoms with Gasteiger partial charge in [0.25, 0.3) is 32.1 Å². The molecule has 2 aromatic carbocycles. The smallest absolute Gasteiger partial charge is 0.269 e. The summed E-state index contributed by atoms with van der Waals surface area (Å²) in [7, 11) is -8.62. The van der Waals surface area contributed by atoms with Crippen molar-refractivity contribution in [2.24, 2.45) is 4.99 Å². The fraction of sp³-hybridized carbons (Fsp3) is 0.308. The van der Waals surface area contributed by atoms with Gasteiger partial charge < -0.3 is 10.6 Å². The first-order valence-electron chi connectivity index (χ1n) is 12.2. The van der Waals surface area contributed by atoms with Crippen molar-refractivity contribution < 1.29 is 35.5 Å². The van der Waals surface area contributed by atoms with Gasteiger partial charge in [0, 0.05) is 24.2 Å². The first-order valence-corrected chi connectivity index (χ1v) is 15.4. The first-order chi connectivity index (χ1) is 18.5. The largest absolute Gasteiger partial charge is 0.350 e. The van der Waals surface area contributed by atoms with Gasteiger partial charge in [-0.15, -0.1) is 0 Å². The maximum Gasteiger partial charge on any atom is 0.269 e. The Balaban J connectivity index is 1.72. The predicted molar refractivity (Wildman–Crippen MR) is 150 cm³/mol. The average molecular weight is 589 g/mol. The number of aromatic nitrogens is 1. The van der Waals surface area contributed by atoms with Gasteiger partial charge in [-0.3, -0.25) is 23.7 Å². The van der Waals surface area contributed by atoms with Gasteiger partial charge in [-0.25, -0.2) is 4.98 Å². The van der Waals surface area contributed by atoms with E-state index in [1.165, 1.54) is 12.1 Å². The van der Waals surface area contributed by atoms with E-state index >= 15 is 0 Å². The van der Waals surface area contributed by atoms with Crippen molar-refractivity contribution in [2.75, 3.05) is 24.6 Å². The van der Waals surface area contributed by atoms with Crippen LogP contribution in [0.4, 0.5) is 5.69 Å². The summed E-state index contributed by atoms with van der Waals surface area (Å²) in [5.74, 6) is -3.00. The molecule has 40 heavy (non-hydrogen) atoms. The van der Waals surface area contributed by atoms with E-state index in [9.17, 15) is 26.4 Å². The molecule has 0 radical (unpaired) electrons. The summed E-state index contributed by atoms with van der Waals surface area (Å²) in [6, 6.07) is 12.4. The van der Waals surface area contributed by atoms with E-state index in [0.29, 0.717) is 11.1 Å². The Bertz CT molecular complexity index is 1710. The zero-order valence-electron chi connectivity index (χ0n) is 21.9. The Morgan fingerprint density at radius 3 is 1.90 bits per heavy atom. The third-order valence-corrected chi connectivity index (χ3v) is 8.17. The second kappa shape index (κ2) is 10.7. The average Bonchev–Trinajstić information content (AvgIpc) is 3.09. The molecule has 1 aliphatic rings. The number of pyridine rings is 1. The van der Waals surface area contributed by atoms with Crippen molar-refractivity contribution in [3.05, 3.63) is 59.4 Å². The lowest BCUT2D eigenvalue weighted by atomic mass is 9.79. The molecule has 0 saturated heterocycles. The van der Waals surface area contributed by atoms with E-state index in [1.807, 2.05) is 37.3 Å². The van der Waals surface area contributed by atoms with Crippen molar-refractivity contribution in [2.45, 2.75) is 26.2 Å². The summed E-state index contributed by atoms with van der Waals surface area (Å²) in [6.45, 7) is 5.42. The number of carbonyl (C=O) groups excluding carboxylic acids is 2. The molecule has 14 heteroatoms. The number of nitrogens with one attached hydrogen (secondary N) is 2. The number of hydrogen-bond donors (Lipinski definition) is 4. The summed E-state index contributed by atoms with van der Waals surface area (Å²) in [6.07, 6.45) is 0. The highest BCUT2D eigenvalue weighted by atomic mass is 32.2. The van der Waals surface area contributed by atoms with Crippen LogP contribution in [0, 0.1) is 0 Å². The van der Waals surface area contributed by atoms with Gasteiger partial charge in [0.1, 0.15) is 11.4 Å². The maximum atomic E-state index is 12.8. The minimum atomic E-state index is -4.31. The third-order valence-electron chi connectivity index (χ3n) is 6.73. The molecule has 0 unspecified atom stereocenters. The Kier molecular flexibility index (Phi) is 7.82. The second-order valence-electron chi connectivity index (χ2n) is 9.93. The Morgan fingerprint density at radius 2 is 1.38 bits per heavy atom. The molecular formula is C26H28N4O8S2. The van der Waals surface area contributed by atoms with E-state index in [-0.39, 0.29) is 16.8 Å². The van der Waals surface area contributed by atoms with Gasteiger partial charge in [-0.1, -0.05) is 32.0 Å². The van der Waals surface area contributed by atoms with Gasteiger partial charge in [0.15, 0.2) is 0 Å². The molecule has 2 amide bonds. The maximum absolute atomic E-state index is 12.8. The van der Waals surface area contributed by atoms with Gasteiger partial charge in [0.05, 0.1) is 17.2 Å². The number of fused-ring (bicyclic) bond motifs is 3. The summed E-state index contributed by atoms with van der Waals surface area (Å²) < 4.78 is 61.9. The zero-order chi connectivity index (χ0) is 29.5. The standard InChI is InChI=1S/C26H28N4O8S2/c1-15-26(2,3)23-19-6-4-16(12-17(19)5-7-20(23)29-15)18-13-21(24(31)27-8-10-39(33,34)35)30-22(14-18)25(32)28-9-11-40(36,37)38/h4-7,12-14H,8-11H2,1-3H3,(H,27,31)(H,28,32)(H,33,34,35)(H,36,37,38). The van der Waals surface area contributed by atoms with Crippen LogP contribution in [0.5, 0.6) is 0 Å². The molecule has 4 rings (SSSR count). The van der Waals surface area contributed by atoms with Crippen molar-refractivity contribution in [1.29, 1.82) is 0 Å². The number of carbonyl (C=O) groups is 2. The molecule has 2 heterocycles. The molecule has 3 aromatic rings. The van der Waals surface area contributed by atoms with Crippen LogP contribution in [0.25, 0.3) is 21.9 Å². The van der Waals surface area contributed by atoms with Crippen LogP contribution >= 0.6 is 0 Å². The highest BCUT2D eigenvalue weighted by Crippen LogP contribution is 2.44. The number of nitrogens with zero attached hydrogens (tertiary/aromatic N) is 2. The van der Waals surface area contributed by atoms with Crippen LogP contribution in [-0.2, 0) is 25.7 Å². The van der Waals surface area contributed by atoms with Crippen molar-refractivity contribution in [3.8, 4) is 11.1 Å². The van der Waals surface area contributed by atoms with E-state index < -0.39 is 56.6 Å². The van der Waals surface area contributed by atoms with Gasteiger partial charge in [-0.2, -0.15) is 16.8 Å². The molecular weight excluding hydrogens is 560 g/mol. The summed E-state index contributed by atoms with van der Waals surface area (Å²) >= 11 is 0. The minimum absolute atomic E-state index is 0.202. The van der Waals surface area contributed by atoms with Crippen LogP contribution in [0.3, 0.4) is 0 Å². The number of amides is 2.